The van der Waals surface area contributed by atoms with Crippen molar-refractivity contribution >= 4 is 0 Å². The van der Waals surface area contributed by atoms with E-state index in [1.54, 1.807) is 0 Å². The van der Waals surface area contributed by atoms with Gasteiger partial charge in [0.2, 0.25) is 0 Å². The predicted octanol–water partition coefficient (Wildman–Crippen LogP) is 1.91. The molecule has 3 atom stereocenters. The summed E-state index contributed by atoms with van der Waals surface area (Å²) in [5, 5.41) is 10.6. The Kier molecular flexibility index (Phi) is 5.94. The Labute approximate surface area is 174 Å². The van der Waals surface area contributed by atoms with Gasteiger partial charge >= 0.3 is 5.69 Å². The molecule has 2 aromatic carbocycles. The summed E-state index contributed by atoms with van der Waals surface area (Å²) in [4.78, 5) is 27.8. The molecule has 7 heteroatoms. The van der Waals surface area contributed by atoms with E-state index in [1.807, 2.05) is 43.4 Å². The molecule has 2 heterocycles. The lowest BCUT2D eigenvalue weighted by molar-refractivity contribution is -0.0364. The minimum Gasteiger partial charge on any atom is -0.390 e. The first-order chi connectivity index (χ1) is 14.5. The Morgan fingerprint density at radius 2 is 1.67 bits per heavy atom. The summed E-state index contributed by atoms with van der Waals surface area (Å²) in [7, 11) is 2.00. The zero-order chi connectivity index (χ0) is 21.1. The third-order valence-electron chi connectivity index (χ3n) is 5.50. The average Bonchev–Trinajstić information content (AvgIpc) is 3.09. The maximum absolute atomic E-state index is 12.1. The summed E-state index contributed by atoms with van der Waals surface area (Å²) in [5.41, 5.74) is 1.29. The van der Waals surface area contributed by atoms with Gasteiger partial charge in [-0.1, -0.05) is 60.7 Å². The SMILES string of the molecule is CN(C[C@H]1O[C@@H](n2ccc(=O)[nH]c2=O)C[C@@H]1O)C(c1ccccc1)c1ccccc1. The number of hydrogen-bond acceptors (Lipinski definition) is 5. The molecule has 1 aromatic heterocycles. The lowest BCUT2D eigenvalue weighted by Crippen LogP contribution is -2.38. The zero-order valence-electron chi connectivity index (χ0n) is 16.7. The van der Waals surface area contributed by atoms with Crippen LogP contribution >= 0.6 is 0 Å². The summed E-state index contributed by atoms with van der Waals surface area (Å²) in [6, 6.07) is 21.6. The molecule has 0 radical (unpaired) electrons. The van der Waals surface area contributed by atoms with Crippen LogP contribution in [0.25, 0.3) is 0 Å². The smallest absolute Gasteiger partial charge is 0.330 e. The van der Waals surface area contributed by atoms with Crippen LogP contribution in [-0.2, 0) is 4.74 Å². The van der Waals surface area contributed by atoms with E-state index in [4.69, 9.17) is 4.74 Å². The molecule has 0 spiro atoms. The van der Waals surface area contributed by atoms with Crippen molar-refractivity contribution in [1.82, 2.24) is 14.5 Å². The number of hydrogen-bond donors (Lipinski definition) is 2. The van der Waals surface area contributed by atoms with Crippen LogP contribution in [0.4, 0.5) is 0 Å². The molecule has 156 valence electrons. The second-order valence-electron chi connectivity index (χ2n) is 7.61. The molecule has 1 saturated heterocycles. The van der Waals surface area contributed by atoms with E-state index in [1.165, 1.54) is 16.8 Å². The van der Waals surface area contributed by atoms with Crippen molar-refractivity contribution in [2.45, 2.75) is 30.9 Å². The fourth-order valence-corrected chi connectivity index (χ4v) is 4.07. The maximum Gasteiger partial charge on any atom is 0.330 e. The summed E-state index contributed by atoms with van der Waals surface area (Å²) in [5.74, 6) is 0. The van der Waals surface area contributed by atoms with Crippen molar-refractivity contribution in [1.29, 1.82) is 0 Å². The van der Waals surface area contributed by atoms with Crippen molar-refractivity contribution in [3.05, 3.63) is 105 Å². The van der Waals surface area contributed by atoms with E-state index in [-0.39, 0.29) is 12.5 Å². The third kappa shape index (κ3) is 4.28. The zero-order valence-corrected chi connectivity index (χ0v) is 16.7. The number of nitrogens with one attached hydrogen (secondary N) is 1. The maximum atomic E-state index is 12.1. The van der Waals surface area contributed by atoms with E-state index in [9.17, 15) is 14.7 Å². The minimum absolute atomic E-state index is 0.00180. The first-order valence-electron chi connectivity index (χ1n) is 9.98. The number of ether oxygens (including phenoxy) is 1. The standard InChI is InChI=1S/C23H25N3O4/c1-25(22(16-8-4-2-5-9-16)17-10-6-3-7-11-17)15-19-18(27)14-21(30-19)26-13-12-20(28)24-23(26)29/h2-13,18-19,21-22,27H,14-15H2,1H3,(H,24,28,29)/t18-,19+,21+/m0/s1. The topological polar surface area (TPSA) is 87.6 Å². The molecule has 1 fully saturated rings. The van der Waals surface area contributed by atoms with Crippen LogP contribution in [0.5, 0.6) is 0 Å². The molecule has 1 aliphatic rings. The number of aliphatic hydroxyl groups is 1. The van der Waals surface area contributed by atoms with Gasteiger partial charge in [-0.2, -0.15) is 0 Å². The Morgan fingerprint density at radius 3 is 2.23 bits per heavy atom. The van der Waals surface area contributed by atoms with E-state index in [0.717, 1.165) is 11.1 Å². The second-order valence-corrected chi connectivity index (χ2v) is 7.61. The number of benzene rings is 2. The molecule has 0 aliphatic carbocycles. The van der Waals surface area contributed by atoms with Gasteiger partial charge in [0.25, 0.3) is 5.56 Å². The molecule has 30 heavy (non-hydrogen) atoms. The van der Waals surface area contributed by atoms with Crippen molar-refractivity contribution in [2.75, 3.05) is 13.6 Å². The molecule has 0 unspecified atom stereocenters. The Hall–Kier alpha value is -3.00. The highest BCUT2D eigenvalue weighted by molar-refractivity contribution is 5.31. The van der Waals surface area contributed by atoms with Crippen LogP contribution in [0.2, 0.25) is 0 Å². The van der Waals surface area contributed by atoms with Crippen molar-refractivity contribution in [3.63, 3.8) is 0 Å². The van der Waals surface area contributed by atoms with Crippen LogP contribution in [0, 0.1) is 0 Å². The minimum atomic E-state index is -0.719. The van der Waals surface area contributed by atoms with E-state index in [0.29, 0.717) is 6.54 Å². The molecule has 0 bridgehead atoms. The summed E-state index contributed by atoms with van der Waals surface area (Å²) >= 11 is 0. The molecular formula is C23H25N3O4. The Bertz CT molecular complexity index is 1040. The van der Waals surface area contributed by atoms with Crippen LogP contribution in [0.3, 0.4) is 0 Å². The van der Waals surface area contributed by atoms with Crippen LogP contribution < -0.4 is 11.2 Å². The summed E-state index contributed by atoms with van der Waals surface area (Å²) < 4.78 is 7.34. The highest BCUT2D eigenvalue weighted by Gasteiger charge is 2.37. The van der Waals surface area contributed by atoms with Crippen LogP contribution in [-0.4, -0.2) is 45.4 Å². The lowest BCUT2D eigenvalue weighted by atomic mass is 9.97. The van der Waals surface area contributed by atoms with E-state index < -0.39 is 29.7 Å². The number of likely N-dealkylation sites (N-methyl/N-ethyl adjacent to an activating group) is 1. The fourth-order valence-electron chi connectivity index (χ4n) is 4.07. The van der Waals surface area contributed by atoms with E-state index >= 15 is 0 Å². The molecule has 0 amide bonds. The average molecular weight is 407 g/mol. The highest BCUT2D eigenvalue weighted by Crippen LogP contribution is 2.32. The van der Waals surface area contributed by atoms with Gasteiger partial charge in [0.15, 0.2) is 0 Å². The number of aromatic nitrogens is 2. The first kappa shape index (κ1) is 20.3. The van der Waals surface area contributed by atoms with Gasteiger partial charge in [-0.15, -0.1) is 0 Å². The molecule has 3 aromatic rings. The van der Waals surface area contributed by atoms with Crippen molar-refractivity contribution < 1.29 is 9.84 Å². The molecule has 4 rings (SSSR count). The van der Waals surface area contributed by atoms with Gasteiger partial charge in [-0.25, -0.2) is 4.79 Å². The quantitative estimate of drug-likeness (QED) is 0.652. The molecule has 1 aliphatic heterocycles. The van der Waals surface area contributed by atoms with Gasteiger partial charge in [0.1, 0.15) is 6.23 Å². The number of aromatic amines is 1. The normalized spacial score (nSPS) is 21.4. The monoisotopic (exact) mass is 407 g/mol. The second kappa shape index (κ2) is 8.79. The van der Waals surface area contributed by atoms with E-state index in [2.05, 4.69) is 34.1 Å². The van der Waals surface area contributed by atoms with Gasteiger partial charge in [-0.3, -0.25) is 19.2 Å². The number of rotatable bonds is 6. The number of nitrogens with zero attached hydrogens (tertiary/aromatic N) is 2. The largest absolute Gasteiger partial charge is 0.390 e. The molecule has 2 N–H and O–H groups in total. The predicted molar refractivity (Wildman–Crippen MR) is 113 cm³/mol. The molecule has 0 saturated carbocycles. The Morgan fingerprint density at radius 1 is 1.07 bits per heavy atom. The summed E-state index contributed by atoms with van der Waals surface area (Å²) in [6.45, 7) is 0.476. The molecular weight excluding hydrogens is 382 g/mol. The first-order valence-corrected chi connectivity index (χ1v) is 9.98. The Balaban J connectivity index is 1.54. The number of H-pyrrole nitrogens is 1. The van der Waals surface area contributed by atoms with Gasteiger partial charge < -0.3 is 9.84 Å². The summed E-state index contributed by atoms with van der Waals surface area (Å²) in [6.07, 6.45) is -0.112. The lowest BCUT2D eigenvalue weighted by Gasteiger charge is -2.31. The van der Waals surface area contributed by atoms with Crippen molar-refractivity contribution in [2.24, 2.45) is 0 Å². The fraction of sp³-hybridized carbons (Fsp3) is 0.304. The van der Waals surface area contributed by atoms with Crippen molar-refractivity contribution in [3.8, 4) is 0 Å². The van der Waals surface area contributed by atoms with Gasteiger partial charge in [0.05, 0.1) is 18.2 Å². The van der Waals surface area contributed by atoms with Crippen LogP contribution in [0.1, 0.15) is 29.8 Å². The van der Waals surface area contributed by atoms with Crippen LogP contribution in [0.15, 0.2) is 82.5 Å². The number of aliphatic hydroxyl groups excluding tert-OH is 1. The molecule has 7 nitrogen and oxygen atoms in total. The van der Waals surface area contributed by atoms with Gasteiger partial charge in [-0.05, 0) is 18.2 Å². The van der Waals surface area contributed by atoms with Gasteiger partial charge in [0, 0.05) is 25.2 Å². The highest BCUT2D eigenvalue weighted by atomic mass is 16.5. The third-order valence-corrected chi connectivity index (χ3v) is 5.50.